The van der Waals surface area contributed by atoms with Gasteiger partial charge in [-0.1, -0.05) is 117 Å². The molecule has 31 heteroatoms. The lowest BCUT2D eigenvalue weighted by atomic mass is 9.78. The third kappa shape index (κ3) is 52.2. The molecular formula is C69H132N10O20S. The molecule has 0 fully saturated rings. The van der Waals surface area contributed by atoms with Crippen LogP contribution in [0, 0.1) is 23.7 Å². The fourth-order valence-corrected chi connectivity index (χ4v) is 11.1. The van der Waals surface area contributed by atoms with Gasteiger partial charge >= 0.3 is 5.97 Å². The first-order chi connectivity index (χ1) is 47.8. The van der Waals surface area contributed by atoms with Crippen LogP contribution in [0.1, 0.15) is 183 Å². The van der Waals surface area contributed by atoms with Crippen molar-refractivity contribution in [3.8, 4) is 5.75 Å². The van der Waals surface area contributed by atoms with E-state index in [1.807, 2.05) is 13.8 Å². The summed E-state index contributed by atoms with van der Waals surface area (Å²) in [5.74, 6) is -6.80. The monoisotopic (exact) mass is 1450 g/mol. The Morgan fingerprint density at radius 2 is 1.02 bits per heavy atom. The van der Waals surface area contributed by atoms with Crippen molar-refractivity contribution in [2.24, 2.45) is 45.9 Å². The molecule has 0 bridgehead atoms. The Balaban J connectivity index is -0.00000417. The molecule has 30 nitrogen and oxygen atoms in total. The van der Waals surface area contributed by atoms with Gasteiger partial charge in [0.1, 0.15) is 49.2 Å². The summed E-state index contributed by atoms with van der Waals surface area (Å²) in [6, 6.07) is 3.98. The average Bonchev–Trinajstić information content (AvgIpc) is 0.841. The van der Waals surface area contributed by atoms with E-state index in [1.54, 1.807) is 19.1 Å². The maximum atomic E-state index is 14.3. The summed E-state index contributed by atoms with van der Waals surface area (Å²) in [7, 11) is -3.86. The van der Waals surface area contributed by atoms with E-state index in [-0.39, 0.29) is 205 Å². The van der Waals surface area contributed by atoms with Crippen LogP contribution in [0.2, 0.25) is 0 Å². The number of rotatable bonds is 67. The van der Waals surface area contributed by atoms with Crippen LogP contribution in [0.25, 0.3) is 0 Å². The lowest BCUT2D eigenvalue weighted by Gasteiger charge is -2.28. The van der Waals surface area contributed by atoms with Crippen LogP contribution in [0.5, 0.6) is 5.75 Å². The first kappa shape index (κ1) is 91.1. The maximum Gasteiger partial charge on any atom is 0.326 e. The Morgan fingerprint density at radius 1 is 0.540 bits per heavy atom. The summed E-state index contributed by atoms with van der Waals surface area (Å²) in [5.41, 5.74) is 18.0. The highest BCUT2D eigenvalue weighted by Gasteiger charge is 2.36. The van der Waals surface area contributed by atoms with E-state index in [9.17, 15) is 61.8 Å². The molecule has 0 aliphatic carbocycles. The van der Waals surface area contributed by atoms with Gasteiger partial charge in [0.25, 0.3) is 10.1 Å². The molecule has 100 heavy (non-hydrogen) atoms. The van der Waals surface area contributed by atoms with Crippen LogP contribution in [0.3, 0.4) is 0 Å². The van der Waals surface area contributed by atoms with E-state index < -0.39 is 57.7 Å². The molecule has 0 spiro atoms. The predicted octanol–water partition coefficient (Wildman–Crippen LogP) is 5.30. The van der Waals surface area contributed by atoms with Gasteiger partial charge in [0.05, 0.1) is 65.2 Å². The number of amides is 6. The smallest absolute Gasteiger partial charge is 0.326 e. The van der Waals surface area contributed by atoms with Gasteiger partial charge in [-0.15, -0.1) is 0 Å². The van der Waals surface area contributed by atoms with Crippen LogP contribution >= 0.6 is 0 Å². The van der Waals surface area contributed by atoms with Crippen LogP contribution in [0.4, 0.5) is 0 Å². The molecule has 0 radical (unpaired) electrons. The number of phenols is 1. The number of aliphatic carboxylic acids is 1. The van der Waals surface area contributed by atoms with Crippen molar-refractivity contribution < 1.29 is 103 Å². The fraction of sp³-hybridized carbons (Fsp3) is 0.739. The molecule has 1 aromatic rings. The van der Waals surface area contributed by atoms with Crippen molar-refractivity contribution in [2.45, 2.75) is 187 Å². The van der Waals surface area contributed by atoms with Gasteiger partial charge in [-0.25, -0.2) is 4.79 Å². The molecule has 0 aromatic heterocycles. The minimum atomic E-state index is -3.86. The molecule has 15 N–H and O–H groups in total. The summed E-state index contributed by atoms with van der Waals surface area (Å²) < 4.78 is 62.8. The Labute approximate surface area is 600 Å². The Bertz CT molecular complexity index is 2680. The molecule has 0 heterocycles. The number of carboxylic acids is 1. The van der Waals surface area contributed by atoms with E-state index in [0.29, 0.717) is 69.4 Å². The number of hydrogen-bond acceptors (Lipinski definition) is 20. The summed E-state index contributed by atoms with van der Waals surface area (Å²) in [5, 5.41) is 35.9. The first-order valence-electron chi connectivity index (χ1n) is 35.4. The van der Waals surface area contributed by atoms with Gasteiger partial charge in [0, 0.05) is 90.4 Å². The summed E-state index contributed by atoms with van der Waals surface area (Å²) >= 11 is 0. The van der Waals surface area contributed by atoms with Gasteiger partial charge in [-0.3, -0.25) is 47.9 Å². The highest BCUT2D eigenvalue weighted by molar-refractivity contribution is 7.85. The number of nitrogens with zero attached hydrogens (tertiary/aromatic N) is 1. The Hall–Kier alpha value is -6.87. The zero-order valence-corrected chi connectivity index (χ0v) is 60.4. The van der Waals surface area contributed by atoms with Gasteiger partial charge in [0.15, 0.2) is 5.96 Å². The topological polar surface area (TPSA) is 466 Å². The van der Waals surface area contributed by atoms with E-state index in [2.05, 4.69) is 43.5 Å². The number of phenolic OH excluding ortho intramolecular Hbond substituents is 1. The summed E-state index contributed by atoms with van der Waals surface area (Å²) in [6.07, 6.45) is 15.7. The molecule has 1 unspecified atom stereocenters. The second kappa shape index (κ2) is 57.7. The van der Waals surface area contributed by atoms with Crippen molar-refractivity contribution in [1.82, 2.24) is 31.9 Å². The molecular weight excluding hydrogens is 1320 g/mol. The van der Waals surface area contributed by atoms with Crippen molar-refractivity contribution in [2.75, 3.05) is 118 Å². The minimum absolute atomic E-state index is 0. The normalized spacial score (nSPS) is 12.9. The highest BCUT2D eigenvalue weighted by Crippen LogP contribution is 2.28. The van der Waals surface area contributed by atoms with Crippen molar-refractivity contribution in [3.05, 3.63) is 42.1 Å². The number of benzene rings is 1. The SMILES string of the molecule is C=C(CC[C@H](NC(=O)CCCCCCCCCCCCCCCS(=O)(=O)O)C(=O)O)NCCOCCOCC(=O)NCCOCCOCC(=O)NCCOCCOCC(=O)NCCCC[C@H](CC(=O)CC(C)C)C(=O)C(C)[C@@H](CCCN=C(N)N)C(=O)N[C@@H](Cc1ccc(O)cc1)C(N)=O.[HH].[HH].[HH].[HH].[HH].[HH]. The van der Waals surface area contributed by atoms with Crippen molar-refractivity contribution >= 4 is 69.1 Å². The average molecular weight is 1450 g/mol. The quantitative estimate of drug-likeness (QED) is 0.0170. The second-order valence-corrected chi connectivity index (χ2v) is 26.9. The van der Waals surface area contributed by atoms with Crippen molar-refractivity contribution in [3.63, 3.8) is 0 Å². The molecule has 5 atom stereocenters. The number of primary amides is 1. The molecule has 1 aromatic carbocycles. The summed E-state index contributed by atoms with van der Waals surface area (Å²) in [6.45, 7) is 12.0. The number of aliphatic imine (C=N–C) groups is 1. The van der Waals surface area contributed by atoms with E-state index in [0.717, 1.165) is 70.6 Å². The number of guanidine groups is 1. The third-order valence-electron chi connectivity index (χ3n) is 16.0. The summed E-state index contributed by atoms with van der Waals surface area (Å²) in [4.78, 5) is 119. The highest BCUT2D eigenvalue weighted by atomic mass is 32.2. The number of carboxylic acid groups (broad SMARTS) is 1. The molecule has 6 amide bonds. The molecule has 1 rings (SSSR count). The number of nitrogens with two attached hydrogens (primary N) is 3. The number of hydrogen-bond donors (Lipinski definition) is 12. The Kier molecular flexibility index (Phi) is 52.6. The number of aromatic hydroxyl groups is 1. The number of allylic oxidation sites excluding steroid dienone is 1. The first-order valence-corrected chi connectivity index (χ1v) is 37.0. The van der Waals surface area contributed by atoms with Crippen LogP contribution in [-0.4, -0.2) is 212 Å². The lowest BCUT2D eigenvalue weighted by Crippen LogP contribution is -2.49. The minimum Gasteiger partial charge on any atom is -0.508 e. The van der Waals surface area contributed by atoms with Crippen LogP contribution in [-0.2, 0) is 88.1 Å². The van der Waals surface area contributed by atoms with Gasteiger partial charge in [0.2, 0.25) is 35.4 Å². The zero-order valence-electron chi connectivity index (χ0n) is 59.5. The number of Topliss-reactive ketones (excluding diaryl/α,β-unsaturated/α-hetero) is 2. The number of nitrogens with one attached hydrogen (secondary N) is 6. The maximum absolute atomic E-state index is 14.3. The van der Waals surface area contributed by atoms with E-state index in [4.69, 9.17) is 50.2 Å². The lowest BCUT2D eigenvalue weighted by molar-refractivity contribution is -0.142. The molecule has 0 saturated carbocycles. The molecule has 0 aliphatic heterocycles. The zero-order chi connectivity index (χ0) is 74.2. The van der Waals surface area contributed by atoms with Crippen LogP contribution < -0.4 is 49.1 Å². The predicted molar refractivity (Wildman–Crippen MR) is 391 cm³/mol. The molecule has 584 valence electrons. The third-order valence-corrected chi connectivity index (χ3v) is 16.8. The Morgan fingerprint density at radius 3 is 1.50 bits per heavy atom. The number of carbonyl (C=O) groups excluding carboxylic acids is 8. The second-order valence-electron chi connectivity index (χ2n) is 25.3. The molecule has 0 saturated heterocycles. The largest absolute Gasteiger partial charge is 0.508 e. The van der Waals surface area contributed by atoms with E-state index >= 15 is 0 Å². The number of ether oxygens (including phenoxy) is 6. The van der Waals surface area contributed by atoms with Gasteiger partial charge in [-0.05, 0) is 75.0 Å². The number of unbranched alkanes of at least 4 members (excludes halogenated alkanes) is 13. The standard InChI is InChI=1S/C69H120N10O20S.6H2/c1-51(2)45-57(81)47-55(65(86)53(4)58(22-20-31-77-69(71)72)67(88)79-60(66(70)87)46-54-25-27-56(80)28-26-54)21-17-18-30-74-62(83)48-97-42-39-95-36-33-76-64(85)50-99-43-40-96-37-34-75-63(84)49-98-41-38-94-35-32-73-52(3)24-29-59(68(89)90)78-61(82)23-16-14-12-10-8-6-5-7-9-11-13-15-19-44-100(91,92)93;;;;;;/h25-28,51,53,55,58-60,73,80H,3,5-24,29-50H2,1-2,4H3,(H2,70,87)(H,74,83)(H,75,84)(H,76,85)(H,78,82)(H,79,88)(H,89,90)(H4,71,72,77)(H,91,92,93);6*1H/t53?,55-,58-,59+,60+;;;;;;/m1....../s1. The van der Waals surface area contributed by atoms with Gasteiger partial charge < -0.3 is 87.7 Å². The van der Waals surface area contributed by atoms with Crippen molar-refractivity contribution in [1.29, 1.82) is 0 Å². The van der Waals surface area contributed by atoms with E-state index in [1.165, 1.54) is 12.1 Å². The number of carbonyl (C=O) groups is 9. The molecule has 0 aliphatic rings. The van der Waals surface area contributed by atoms with Crippen LogP contribution in [0.15, 0.2) is 41.5 Å². The van der Waals surface area contributed by atoms with Gasteiger partial charge in [-0.2, -0.15) is 8.42 Å². The number of ketones is 2. The fourth-order valence-electron chi connectivity index (χ4n) is 10.5.